The van der Waals surface area contributed by atoms with Crippen molar-refractivity contribution in [2.45, 2.75) is 13.8 Å². The van der Waals surface area contributed by atoms with Gasteiger partial charge in [0.1, 0.15) is 29.4 Å². The van der Waals surface area contributed by atoms with Crippen LogP contribution in [0.4, 0.5) is 0 Å². The van der Waals surface area contributed by atoms with Crippen LogP contribution in [0.1, 0.15) is 11.1 Å². The molecule has 0 N–H and O–H groups in total. The quantitative estimate of drug-likeness (QED) is 0.246. The number of para-hydroxylation sites is 2. The summed E-state index contributed by atoms with van der Waals surface area (Å²) in [7, 11) is 2.14. The Balaban J connectivity index is 1.56. The molecule has 0 aliphatic carbocycles. The smallest absolute Gasteiger partial charge is 0.216 e. The number of hydrogen-bond acceptors (Lipinski definition) is 2. The first-order valence-corrected chi connectivity index (χ1v) is 11.9. The Morgan fingerprint density at radius 1 is 0.514 bits per heavy atom. The fourth-order valence-electron chi connectivity index (χ4n) is 5.54. The van der Waals surface area contributed by atoms with Gasteiger partial charge < -0.3 is 8.83 Å². The molecule has 168 valence electrons. The van der Waals surface area contributed by atoms with Gasteiger partial charge in [0.15, 0.2) is 0 Å². The van der Waals surface area contributed by atoms with E-state index in [0.29, 0.717) is 0 Å². The van der Waals surface area contributed by atoms with Crippen molar-refractivity contribution in [2.24, 2.45) is 7.05 Å². The molecule has 0 aliphatic heterocycles. The SMILES string of the molecule is Cc1ccc2c(oc3ccccc32)c1-c1cccc(-c2c(C)ccc3oc4ccccc4c23)[n+]1C. The van der Waals surface area contributed by atoms with E-state index >= 15 is 0 Å². The summed E-state index contributed by atoms with van der Waals surface area (Å²) in [5.41, 5.74) is 10.7. The van der Waals surface area contributed by atoms with Crippen LogP contribution in [0.3, 0.4) is 0 Å². The zero-order valence-corrected chi connectivity index (χ0v) is 19.9. The molecule has 0 unspecified atom stereocenters. The molecular formula is C32H24NO2+. The van der Waals surface area contributed by atoms with E-state index in [1.54, 1.807) is 0 Å². The third-order valence-electron chi connectivity index (χ3n) is 7.25. The lowest BCUT2D eigenvalue weighted by Crippen LogP contribution is -2.34. The zero-order chi connectivity index (χ0) is 23.7. The Morgan fingerprint density at radius 3 is 1.94 bits per heavy atom. The Kier molecular flexibility index (Phi) is 4.19. The molecule has 0 saturated carbocycles. The maximum Gasteiger partial charge on any atom is 0.216 e. The molecular weight excluding hydrogens is 430 g/mol. The molecule has 7 aromatic rings. The standard InChI is InChI=1S/C32H24NO2/c1-19-16-18-28-31(23-10-5-7-14-27(23)34-28)29(19)24-11-8-12-25(33(24)3)30-20(2)15-17-22-21-9-4-6-13-26(21)35-32(22)30/h4-18H,1-3H3/q+1. The van der Waals surface area contributed by atoms with E-state index < -0.39 is 0 Å². The minimum Gasteiger partial charge on any atom is -0.456 e. The van der Waals surface area contributed by atoms with Gasteiger partial charge >= 0.3 is 0 Å². The van der Waals surface area contributed by atoms with Crippen LogP contribution >= 0.6 is 0 Å². The fourth-order valence-corrected chi connectivity index (χ4v) is 5.54. The molecule has 35 heavy (non-hydrogen) atoms. The number of nitrogens with zero attached hydrogens (tertiary/aromatic N) is 1. The highest BCUT2D eigenvalue weighted by atomic mass is 16.3. The van der Waals surface area contributed by atoms with E-state index in [4.69, 9.17) is 8.83 Å². The highest BCUT2D eigenvalue weighted by molar-refractivity contribution is 6.13. The second-order valence-corrected chi connectivity index (χ2v) is 9.32. The summed E-state index contributed by atoms with van der Waals surface area (Å²) >= 11 is 0. The first-order valence-electron chi connectivity index (χ1n) is 11.9. The van der Waals surface area contributed by atoms with Crippen LogP contribution in [0.5, 0.6) is 0 Å². The molecule has 0 fully saturated rings. The largest absolute Gasteiger partial charge is 0.456 e. The molecule has 0 bridgehead atoms. The number of aryl methyl sites for hydroxylation is 2. The number of hydrogen-bond donors (Lipinski definition) is 0. The van der Waals surface area contributed by atoms with Crippen molar-refractivity contribution in [3.63, 3.8) is 0 Å². The molecule has 0 aliphatic rings. The van der Waals surface area contributed by atoms with Gasteiger partial charge in [0, 0.05) is 33.7 Å². The van der Waals surface area contributed by atoms with Crippen molar-refractivity contribution in [3.05, 3.63) is 102 Å². The van der Waals surface area contributed by atoms with E-state index in [9.17, 15) is 0 Å². The summed E-state index contributed by atoms with van der Waals surface area (Å²) in [6, 6.07) is 31.7. The van der Waals surface area contributed by atoms with E-state index in [1.165, 1.54) is 16.7 Å². The van der Waals surface area contributed by atoms with Gasteiger partial charge in [0.2, 0.25) is 11.4 Å². The Bertz CT molecular complexity index is 1940. The van der Waals surface area contributed by atoms with Crippen LogP contribution in [0.25, 0.3) is 66.4 Å². The average molecular weight is 455 g/mol. The molecule has 0 amide bonds. The molecule has 3 nitrogen and oxygen atoms in total. The van der Waals surface area contributed by atoms with Gasteiger partial charge in [-0.2, -0.15) is 4.57 Å². The lowest BCUT2D eigenvalue weighted by atomic mass is 9.96. The van der Waals surface area contributed by atoms with Crippen LogP contribution in [0.2, 0.25) is 0 Å². The van der Waals surface area contributed by atoms with Crippen LogP contribution in [0.15, 0.2) is 99.8 Å². The normalized spacial score (nSPS) is 11.9. The highest BCUT2D eigenvalue weighted by Gasteiger charge is 2.25. The lowest BCUT2D eigenvalue weighted by molar-refractivity contribution is -0.649. The maximum absolute atomic E-state index is 6.43. The Hall–Kier alpha value is -4.37. The third-order valence-corrected chi connectivity index (χ3v) is 7.25. The molecule has 0 saturated heterocycles. The van der Waals surface area contributed by atoms with Gasteiger partial charge in [-0.05, 0) is 49.2 Å². The minimum atomic E-state index is 0.910. The zero-order valence-electron chi connectivity index (χ0n) is 19.9. The van der Waals surface area contributed by atoms with Crippen LogP contribution in [0, 0.1) is 13.8 Å². The van der Waals surface area contributed by atoms with Gasteiger partial charge in [-0.3, -0.25) is 0 Å². The van der Waals surface area contributed by atoms with Gasteiger partial charge in [-0.15, -0.1) is 0 Å². The summed E-state index contributed by atoms with van der Waals surface area (Å²) in [6.45, 7) is 4.33. The molecule has 7 rings (SSSR count). The summed E-state index contributed by atoms with van der Waals surface area (Å²) < 4.78 is 14.9. The van der Waals surface area contributed by atoms with Gasteiger partial charge in [0.05, 0.1) is 11.1 Å². The van der Waals surface area contributed by atoms with Crippen molar-refractivity contribution in [3.8, 4) is 22.5 Å². The van der Waals surface area contributed by atoms with Crippen LogP contribution in [-0.2, 0) is 7.05 Å². The van der Waals surface area contributed by atoms with E-state index in [2.05, 4.69) is 92.2 Å². The van der Waals surface area contributed by atoms with Gasteiger partial charge in [0.25, 0.3) is 0 Å². The average Bonchev–Trinajstić information content (AvgIpc) is 3.43. The molecule has 0 radical (unpaired) electrons. The predicted molar refractivity (Wildman–Crippen MR) is 143 cm³/mol. The number of benzene rings is 4. The van der Waals surface area contributed by atoms with Crippen LogP contribution < -0.4 is 4.57 Å². The maximum atomic E-state index is 6.43. The number of aromatic nitrogens is 1. The first-order chi connectivity index (χ1) is 17.1. The van der Waals surface area contributed by atoms with Gasteiger partial charge in [-0.25, -0.2) is 0 Å². The molecule has 0 atom stereocenters. The number of pyridine rings is 1. The van der Waals surface area contributed by atoms with Gasteiger partial charge in [-0.1, -0.05) is 54.6 Å². The second kappa shape index (κ2) is 7.31. The molecule has 3 heterocycles. The second-order valence-electron chi connectivity index (χ2n) is 9.32. The predicted octanol–water partition coefficient (Wildman–Crippen LogP) is 8.26. The summed E-state index contributed by atoms with van der Waals surface area (Å²) in [5, 5.41) is 4.59. The monoisotopic (exact) mass is 454 g/mol. The third kappa shape index (κ3) is 2.82. The summed E-state index contributed by atoms with van der Waals surface area (Å²) in [4.78, 5) is 0. The van der Waals surface area contributed by atoms with E-state index in [1.807, 2.05) is 24.3 Å². The number of fused-ring (bicyclic) bond motifs is 6. The van der Waals surface area contributed by atoms with Crippen molar-refractivity contribution >= 4 is 43.9 Å². The minimum absolute atomic E-state index is 0.910. The molecule has 0 spiro atoms. The molecule has 4 aromatic carbocycles. The molecule has 3 aromatic heterocycles. The van der Waals surface area contributed by atoms with E-state index in [0.717, 1.165) is 60.8 Å². The Labute approximate surface area is 202 Å². The summed E-state index contributed by atoms with van der Waals surface area (Å²) in [6.07, 6.45) is 0. The topological polar surface area (TPSA) is 30.2 Å². The highest BCUT2D eigenvalue weighted by Crippen LogP contribution is 2.40. The van der Waals surface area contributed by atoms with Crippen LogP contribution in [-0.4, -0.2) is 0 Å². The lowest BCUT2D eigenvalue weighted by Gasteiger charge is -2.11. The van der Waals surface area contributed by atoms with E-state index in [-0.39, 0.29) is 0 Å². The van der Waals surface area contributed by atoms with Crippen molar-refractivity contribution in [2.75, 3.05) is 0 Å². The fraction of sp³-hybridized carbons (Fsp3) is 0.0938. The van der Waals surface area contributed by atoms with Crippen molar-refractivity contribution in [1.82, 2.24) is 0 Å². The number of furan rings is 2. The Morgan fingerprint density at radius 2 is 1.14 bits per heavy atom. The van der Waals surface area contributed by atoms with Crippen molar-refractivity contribution < 1.29 is 13.4 Å². The first kappa shape index (κ1) is 20.0. The molecule has 3 heteroatoms. The van der Waals surface area contributed by atoms with Crippen molar-refractivity contribution in [1.29, 1.82) is 0 Å². The number of rotatable bonds is 2. The summed E-state index contributed by atoms with van der Waals surface area (Å²) in [5.74, 6) is 0.